The van der Waals surface area contributed by atoms with Crippen LogP contribution < -0.4 is 11.1 Å². The van der Waals surface area contributed by atoms with Crippen molar-refractivity contribution in [2.75, 3.05) is 18.0 Å². The molecule has 0 unspecified atom stereocenters. The lowest BCUT2D eigenvalue weighted by Crippen LogP contribution is -2.25. The number of fused-ring (bicyclic) bond motifs is 1. The largest absolute Gasteiger partial charge is 0.369 e. The van der Waals surface area contributed by atoms with E-state index in [9.17, 15) is 4.79 Å². The highest BCUT2D eigenvalue weighted by Gasteiger charge is 2.12. The average molecular weight is 355 g/mol. The molecule has 0 bridgehead atoms. The Labute approximate surface area is 150 Å². The predicted octanol–water partition coefficient (Wildman–Crippen LogP) is 2.70. The summed E-state index contributed by atoms with van der Waals surface area (Å²) in [5.41, 5.74) is 9.00. The molecule has 3 N–H and O–H groups in total. The molecule has 0 saturated carbocycles. The van der Waals surface area contributed by atoms with Crippen molar-refractivity contribution in [2.45, 2.75) is 19.2 Å². The van der Waals surface area contributed by atoms with E-state index in [1.54, 1.807) is 24.0 Å². The number of nitrogens with one attached hydrogen (secondary N) is 1. The molecule has 2 heterocycles. The summed E-state index contributed by atoms with van der Waals surface area (Å²) >= 11 is 1.79. The lowest BCUT2D eigenvalue weighted by Gasteiger charge is -2.06. The molecule has 3 aromatic rings. The van der Waals surface area contributed by atoms with E-state index in [0.29, 0.717) is 35.8 Å². The lowest BCUT2D eigenvalue weighted by atomic mass is 10.2. The Morgan fingerprint density at radius 2 is 2.12 bits per heavy atom. The highest BCUT2D eigenvalue weighted by Crippen LogP contribution is 2.16. The molecule has 0 atom stereocenters. The zero-order valence-electron chi connectivity index (χ0n) is 14.1. The highest BCUT2D eigenvalue weighted by molar-refractivity contribution is 7.98. The molecule has 0 aliphatic carbocycles. The second-order valence-electron chi connectivity index (χ2n) is 5.58. The third-order valence-electron chi connectivity index (χ3n) is 3.84. The van der Waals surface area contributed by atoms with Gasteiger partial charge in [0, 0.05) is 30.8 Å². The molecule has 1 aromatic carbocycles. The van der Waals surface area contributed by atoms with Crippen LogP contribution in [0.2, 0.25) is 0 Å². The summed E-state index contributed by atoms with van der Waals surface area (Å²) in [6.07, 6.45) is 1.57. The van der Waals surface area contributed by atoms with Gasteiger partial charge in [0.05, 0.1) is 5.56 Å². The highest BCUT2D eigenvalue weighted by atomic mass is 32.2. The number of pyridine rings is 1. The SMILES string of the molecule is CCn1c(N)nc2cc(C(=O)NCCSCc3ccccc3)cnc21. The Balaban J connectivity index is 1.52. The van der Waals surface area contributed by atoms with Crippen LogP contribution in [-0.2, 0) is 12.3 Å². The molecule has 0 saturated heterocycles. The lowest BCUT2D eigenvalue weighted by molar-refractivity contribution is 0.0956. The van der Waals surface area contributed by atoms with E-state index in [0.717, 1.165) is 11.5 Å². The average Bonchev–Trinajstić information content (AvgIpc) is 2.96. The van der Waals surface area contributed by atoms with E-state index >= 15 is 0 Å². The van der Waals surface area contributed by atoms with Gasteiger partial charge in [-0.05, 0) is 18.6 Å². The molecule has 7 heteroatoms. The number of benzene rings is 1. The summed E-state index contributed by atoms with van der Waals surface area (Å²) in [6.45, 7) is 3.28. The Morgan fingerprint density at radius 3 is 2.88 bits per heavy atom. The van der Waals surface area contributed by atoms with Crippen molar-refractivity contribution >= 4 is 34.8 Å². The number of imidazole rings is 1. The van der Waals surface area contributed by atoms with Crippen molar-refractivity contribution in [2.24, 2.45) is 0 Å². The first kappa shape index (κ1) is 17.3. The molecule has 0 aliphatic rings. The number of thioether (sulfide) groups is 1. The van der Waals surface area contributed by atoms with Crippen molar-refractivity contribution in [3.8, 4) is 0 Å². The second-order valence-corrected chi connectivity index (χ2v) is 6.68. The van der Waals surface area contributed by atoms with Gasteiger partial charge in [0.2, 0.25) is 5.95 Å². The zero-order chi connectivity index (χ0) is 17.6. The second kappa shape index (κ2) is 8.02. The minimum atomic E-state index is -0.140. The zero-order valence-corrected chi connectivity index (χ0v) is 14.9. The number of anilines is 1. The van der Waals surface area contributed by atoms with Crippen LogP contribution in [0.4, 0.5) is 5.95 Å². The third-order valence-corrected chi connectivity index (χ3v) is 4.87. The van der Waals surface area contributed by atoms with Crippen molar-refractivity contribution in [1.29, 1.82) is 0 Å². The van der Waals surface area contributed by atoms with Gasteiger partial charge >= 0.3 is 0 Å². The van der Waals surface area contributed by atoms with Gasteiger partial charge in [-0.3, -0.25) is 9.36 Å². The molecule has 0 fully saturated rings. The van der Waals surface area contributed by atoms with E-state index in [1.807, 2.05) is 29.7 Å². The number of carbonyl (C=O) groups is 1. The maximum atomic E-state index is 12.3. The van der Waals surface area contributed by atoms with E-state index in [-0.39, 0.29) is 5.91 Å². The summed E-state index contributed by atoms with van der Waals surface area (Å²) in [4.78, 5) is 20.9. The van der Waals surface area contributed by atoms with Gasteiger partial charge in [-0.1, -0.05) is 30.3 Å². The fraction of sp³-hybridized carbons (Fsp3) is 0.278. The summed E-state index contributed by atoms with van der Waals surface area (Å²) < 4.78 is 1.82. The molecular weight excluding hydrogens is 334 g/mol. The summed E-state index contributed by atoms with van der Waals surface area (Å²) in [5.74, 6) is 2.07. The number of hydrogen-bond acceptors (Lipinski definition) is 5. The Kier molecular flexibility index (Phi) is 5.55. The predicted molar refractivity (Wildman–Crippen MR) is 103 cm³/mol. The van der Waals surface area contributed by atoms with E-state index in [2.05, 4.69) is 27.4 Å². The molecule has 3 rings (SSSR count). The number of nitrogens with zero attached hydrogens (tertiary/aromatic N) is 3. The molecule has 1 amide bonds. The first-order chi connectivity index (χ1) is 12.2. The van der Waals surface area contributed by atoms with E-state index in [4.69, 9.17) is 5.73 Å². The summed E-state index contributed by atoms with van der Waals surface area (Å²) in [7, 11) is 0. The van der Waals surface area contributed by atoms with Crippen LogP contribution in [0.3, 0.4) is 0 Å². The topological polar surface area (TPSA) is 85.8 Å². The molecule has 130 valence electrons. The fourth-order valence-corrected chi connectivity index (χ4v) is 3.39. The van der Waals surface area contributed by atoms with E-state index < -0.39 is 0 Å². The maximum Gasteiger partial charge on any atom is 0.252 e. The van der Waals surface area contributed by atoms with Crippen LogP contribution >= 0.6 is 11.8 Å². The van der Waals surface area contributed by atoms with Crippen molar-refractivity contribution in [3.05, 3.63) is 53.7 Å². The molecule has 0 spiro atoms. The van der Waals surface area contributed by atoms with Crippen molar-refractivity contribution in [1.82, 2.24) is 19.9 Å². The smallest absolute Gasteiger partial charge is 0.252 e. The van der Waals surface area contributed by atoms with Crippen LogP contribution in [0.25, 0.3) is 11.2 Å². The number of aromatic nitrogens is 3. The van der Waals surface area contributed by atoms with Crippen LogP contribution in [0.1, 0.15) is 22.8 Å². The Morgan fingerprint density at radius 1 is 1.32 bits per heavy atom. The minimum Gasteiger partial charge on any atom is -0.369 e. The van der Waals surface area contributed by atoms with Gasteiger partial charge < -0.3 is 11.1 Å². The Hall–Kier alpha value is -2.54. The molecule has 2 aromatic heterocycles. The fourth-order valence-electron chi connectivity index (χ4n) is 2.57. The number of carbonyl (C=O) groups excluding carboxylic acids is 1. The van der Waals surface area contributed by atoms with E-state index in [1.165, 1.54) is 5.56 Å². The molecule has 0 aliphatic heterocycles. The molecule has 25 heavy (non-hydrogen) atoms. The van der Waals surface area contributed by atoms with Crippen LogP contribution in [0.15, 0.2) is 42.6 Å². The van der Waals surface area contributed by atoms with Gasteiger partial charge in [-0.2, -0.15) is 11.8 Å². The van der Waals surface area contributed by atoms with Gasteiger partial charge in [0.1, 0.15) is 5.52 Å². The normalized spacial score (nSPS) is 10.9. The quantitative estimate of drug-likeness (QED) is 0.637. The number of aryl methyl sites for hydroxylation is 1. The number of rotatable bonds is 7. The molecule has 0 radical (unpaired) electrons. The van der Waals surface area contributed by atoms with Gasteiger partial charge in [0.25, 0.3) is 5.91 Å². The van der Waals surface area contributed by atoms with Crippen LogP contribution in [-0.4, -0.2) is 32.7 Å². The van der Waals surface area contributed by atoms with Gasteiger partial charge in [-0.25, -0.2) is 9.97 Å². The summed E-state index contributed by atoms with van der Waals surface area (Å²) in [5, 5.41) is 2.92. The number of hydrogen-bond donors (Lipinski definition) is 2. The molecular formula is C18H21N5OS. The van der Waals surface area contributed by atoms with Crippen LogP contribution in [0, 0.1) is 0 Å². The Bertz CT molecular complexity index is 863. The van der Waals surface area contributed by atoms with Crippen molar-refractivity contribution < 1.29 is 4.79 Å². The molecule has 6 nitrogen and oxygen atoms in total. The first-order valence-corrected chi connectivity index (χ1v) is 9.36. The third kappa shape index (κ3) is 4.11. The number of nitrogen functional groups attached to an aromatic ring is 1. The monoisotopic (exact) mass is 355 g/mol. The van der Waals surface area contributed by atoms with Crippen LogP contribution in [0.5, 0.6) is 0 Å². The number of nitrogens with two attached hydrogens (primary N) is 1. The minimum absolute atomic E-state index is 0.140. The maximum absolute atomic E-state index is 12.3. The van der Waals surface area contributed by atoms with Gasteiger partial charge in [0.15, 0.2) is 5.65 Å². The standard InChI is InChI=1S/C18H21N5OS/c1-2-23-16-15(22-18(23)19)10-14(11-21-16)17(24)20-8-9-25-12-13-6-4-3-5-7-13/h3-7,10-11H,2,8-9,12H2,1H3,(H2,19,22)(H,20,24). The van der Waals surface area contributed by atoms with Crippen molar-refractivity contribution in [3.63, 3.8) is 0 Å². The number of amides is 1. The first-order valence-electron chi connectivity index (χ1n) is 8.20. The summed E-state index contributed by atoms with van der Waals surface area (Å²) in [6, 6.07) is 12.0. The van der Waals surface area contributed by atoms with Gasteiger partial charge in [-0.15, -0.1) is 0 Å².